The number of hydrogen-bond donors (Lipinski definition) is 2. The van der Waals surface area contributed by atoms with E-state index >= 15 is 0 Å². The first kappa shape index (κ1) is 17.7. The Labute approximate surface area is 156 Å². The third-order valence-electron chi connectivity index (χ3n) is 3.64. The standard InChI is InChI=1S/C19H18ClN5O/c1-25(2)16-9-7-14(8-10-16)23-18-12-21-17(11-22-18)19(26)24-15-5-3-13(20)4-6-15/h3-12H,1-2H3,(H,22,23)(H,24,26). The van der Waals surface area contributed by atoms with Crippen molar-refractivity contribution in [3.63, 3.8) is 0 Å². The van der Waals surface area contributed by atoms with Crippen molar-refractivity contribution < 1.29 is 4.79 Å². The summed E-state index contributed by atoms with van der Waals surface area (Å²) in [5.74, 6) is 0.229. The Morgan fingerprint density at radius 1 is 0.923 bits per heavy atom. The summed E-state index contributed by atoms with van der Waals surface area (Å²) in [5, 5.41) is 6.51. The fourth-order valence-electron chi connectivity index (χ4n) is 2.23. The predicted molar refractivity (Wildman–Crippen MR) is 105 cm³/mol. The Morgan fingerprint density at radius 2 is 1.58 bits per heavy atom. The quantitative estimate of drug-likeness (QED) is 0.707. The first-order valence-corrected chi connectivity index (χ1v) is 8.32. The molecule has 0 atom stereocenters. The van der Waals surface area contributed by atoms with Gasteiger partial charge in [-0.25, -0.2) is 9.97 Å². The number of anilines is 4. The molecular formula is C19H18ClN5O. The third-order valence-corrected chi connectivity index (χ3v) is 3.89. The number of nitrogens with zero attached hydrogens (tertiary/aromatic N) is 3. The van der Waals surface area contributed by atoms with Crippen molar-refractivity contribution >= 4 is 40.4 Å². The molecule has 0 aliphatic heterocycles. The number of nitrogens with one attached hydrogen (secondary N) is 2. The number of amides is 1. The minimum atomic E-state index is -0.332. The van der Waals surface area contributed by atoms with Crippen LogP contribution >= 0.6 is 11.6 Å². The molecule has 0 fully saturated rings. The van der Waals surface area contributed by atoms with Crippen LogP contribution in [0, 0.1) is 0 Å². The molecule has 1 amide bonds. The zero-order chi connectivity index (χ0) is 18.5. The number of hydrogen-bond acceptors (Lipinski definition) is 5. The Hall–Kier alpha value is -3.12. The van der Waals surface area contributed by atoms with Gasteiger partial charge in [-0.2, -0.15) is 0 Å². The molecule has 3 rings (SSSR count). The largest absolute Gasteiger partial charge is 0.378 e. The molecule has 1 heterocycles. The average Bonchev–Trinajstić information content (AvgIpc) is 2.64. The normalized spacial score (nSPS) is 10.3. The summed E-state index contributed by atoms with van der Waals surface area (Å²) in [6, 6.07) is 14.8. The van der Waals surface area contributed by atoms with Gasteiger partial charge in [-0.05, 0) is 48.5 Å². The van der Waals surface area contributed by atoms with Gasteiger partial charge in [0.1, 0.15) is 11.5 Å². The van der Waals surface area contributed by atoms with Gasteiger partial charge in [-0.1, -0.05) is 11.6 Å². The zero-order valence-electron chi connectivity index (χ0n) is 14.4. The fraction of sp³-hybridized carbons (Fsp3) is 0.105. The predicted octanol–water partition coefficient (Wildman–Crippen LogP) is 4.19. The number of halogens is 1. The van der Waals surface area contributed by atoms with Crippen LogP contribution in [-0.4, -0.2) is 30.0 Å². The van der Waals surface area contributed by atoms with Gasteiger partial charge in [-0.3, -0.25) is 4.79 Å². The molecule has 0 radical (unpaired) electrons. The highest BCUT2D eigenvalue weighted by atomic mass is 35.5. The van der Waals surface area contributed by atoms with Gasteiger partial charge >= 0.3 is 0 Å². The van der Waals surface area contributed by atoms with Gasteiger partial charge in [0.15, 0.2) is 0 Å². The lowest BCUT2D eigenvalue weighted by atomic mass is 10.2. The van der Waals surface area contributed by atoms with Gasteiger partial charge < -0.3 is 15.5 Å². The van der Waals surface area contributed by atoms with Crippen LogP contribution in [0.15, 0.2) is 60.9 Å². The molecule has 1 aromatic heterocycles. The molecule has 0 saturated heterocycles. The first-order chi connectivity index (χ1) is 12.5. The van der Waals surface area contributed by atoms with Crippen molar-refractivity contribution in [2.45, 2.75) is 0 Å². The van der Waals surface area contributed by atoms with Gasteiger partial charge in [0.05, 0.1) is 12.4 Å². The number of aromatic nitrogens is 2. The topological polar surface area (TPSA) is 70.2 Å². The van der Waals surface area contributed by atoms with Crippen molar-refractivity contribution in [3.8, 4) is 0 Å². The molecule has 0 saturated carbocycles. The van der Waals surface area contributed by atoms with Crippen LogP contribution in [0.1, 0.15) is 10.5 Å². The van der Waals surface area contributed by atoms with Crippen LogP contribution < -0.4 is 15.5 Å². The molecule has 2 N–H and O–H groups in total. The van der Waals surface area contributed by atoms with E-state index in [0.29, 0.717) is 16.5 Å². The van der Waals surface area contributed by atoms with Crippen LogP contribution in [0.5, 0.6) is 0 Å². The maximum Gasteiger partial charge on any atom is 0.275 e. The molecule has 2 aromatic carbocycles. The van der Waals surface area contributed by atoms with E-state index < -0.39 is 0 Å². The maximum absolute atomic E-state index is 12.2. The molecule has 132 valence electrons. The molecular weight excluding hydrogens is 350 g/mol. The Bertz CT molecular complexity index is 877. The summed E-state index contributed by atoms with van der Waals surface area (Å²) in [6.07, 6.45) is 2.96. The molecule has 26 heavy (non-hydrogen) atoms. The second-order valence-electron chi connectivity index (χ2n) is 5.81. The summed E-state index contributed by atoms with van der Waals surface area (Å²) in [5.41, 5.74) is 2.87. The van der Waals surface area contributed by atoms with Gasteiger partial charge in [0.2, 0.25) is 0 Å². The van der Waals surface area contributed by atoms with Crippen LogP contribution in [-0.2, 0) is 0 Å². The number of carbonyl (C=O) groups is 1. The van der Waals surface area contributed by atoms with Crippen LogP contribution in [0.25, 0.3) is 0 Å². The molecule has 0 spiro atoms. The maximum atomic E-state index is 12.2. The molecule has 6 nitrogen and oxygen atoms in total. The minimum Gasteiger partial charge on any atom is -0.378 e. The van der Waals surface area contributed by atoms with E-state index in [-0.39, 0.29) is 11.6 Å². The smallest absolute Gasteiger partial charge is 0.275 e. The van der Waals surface area contributed by atoms with Crippen LogP contribution in [0.3, 0.4) is 0 Å². The van der Waals surface area contributed by atoms with E-state index in [1.165, 1.54) is 12.4 Å². The summed E-state index contributed by atoms with van der Waals surface area (Å²) in [4.78, 5) is 22.6. The number of rotatable bonds is 5. The molecule has 0 aliphatic rings. The lowest BCUT2D eigenvalue weighted by Gasteiger charge is -2.13. The summed E-state index contributed by atoms with van der Waals surface area (Å²) in [7, 11) is 3.98. The lowest BCUT2D eigenvalue weighted by Crippen LogP contribution is -2.14. The van der Waals surface area contributed by atoms with E-state index in [0.717, 1.165) is 11.4 Å². The molecule has 0 unspecified atom stereocenters. The monoisotopic (exact) mass is 367 g/mol. The summed E-state index contributed by atoms with van der Waals surface area (Å²) >= 11 is 5.83. The second kappa shape index (κ2) is 7.84. The molecule has 0 aliphatic carbocycles. The Morgan fingerprint density at radius 3 is 2.15 bits per heavy atom. The highest BCUT2D eigenvalue weighted by Crippen LogP contribution is 2.19. The van der Waals surface area contributed by atoms with Crippen LogP contribution in [0.2, 0.25) is 5.02 Å². The summed E-state index contributed by atoms with van der Waals surface area (Å²) in [6.45, 7) is 0. The third kappa shape index (κ3) is 4.49. The highest BCUT2D eigenvalue weighted by Gasteiger charge is 2.09. The molecule has 7 heteroatoms. The van der Waals surface area contributed by atoms with E-state index in [1.807, 2.05) is 43.3 Å². The number of benzene rings is 2. The average molecular weight is 368 g/mol. The van der Waals surface area contributed by atoms with Gasteiger partial charge in [0.25, 0.3) is 5.91 Å². The number of carbonyl (C=O) groups excluding carboxylic acids is 1. The van der Waals surface area contributed by atoms with Gasteiger partial charge in [-0.15, -0.1) is 0 Å². The minimum absolute atomic E-state index is 0.230. The van der Waals surface area contributed by atoms with E-state index in [1.54, 1.807) is 24.3 Å². The Balaban J connectivity index is 1.64. The van der Waals surface area contributed by atoms with Crippen molar-refractivity contribution in [1.29, 1.82) is 0 Å². The zero-order valence-corrected chi connectivity index (χ0v) is 15.2. The lowest BCUT2D eigenvalue weighted by molar-refractivity contribution is 0.102. The van der Waals surface area contributed by atoms with Gasteiger partial charge in [0, 0.05) is 36.2 Å². The first-order valence-electron chi connectivity index (χ1n) is 7.94. The summed E-state index contributed by atoms with van der Waals surface area (Å²) < 4.78 is 0. The van der Waals surface area contributed by atoms with E-state index in [4.69, 9.17) is 11.6 Å². The Kier molecular flexibility index (Phi) is 5.34. The van der Waals surface area contributed by atoms with E-state index in [2.05, 4.69) is 20.6 Å². The second-order valence-corrected chi connectivity index (χ2v) is 6.25. The SMILES string of the molecule is CN(C)c1ccc(Nc2cnc(C(=O)Nc3ccc(Cl)cc3)cn2)cc1. The van der Waals surface area contributed by atoms with Crippen molar-refractivity contribution in [3.05, 3.63) is 71.6 Å². The molecule has 3 aromatic rings. The fourth-order valence-corrected chi connectivity index (χ4v) is 2.35. The molecule has 0 bridgehead atoms. The highest BCUT2D eigenvalue weighted by molar-refractivity contribution is 6.30. The van der Waals surface area contributed by atoms with Crippen molar-refractivity contribution in [1.82, 2.24) is 9.97 Å². The van der Waals surface area contributed by atoms with Crippen molar-refractivity contribution in [2.24, 2.45) is 0 Å². The van der Waals surface area contributed by atoms with E-state index in [9.17, 15) is 4.79 Å². The van der Waals surface area contributed by atoms with Crippen molar-refractivity contribution in [2.75, 3.05) is 29.6 Å². The van der Waals surface area contributed by atoms with Crippen LogP contribution in [0.4, 0.5) is 22.9 Å².